The second-order valence-electron chi connectivity index (χ2n) is 6.89. The van der Waals surface area contributed by atoms with Crippen LogP contribution in [0.4, 0.5) is 11.4 Å². The molecule has 0 saturated heterocycles. The van der Waals surface area contributed by atoms with Crippen molar-refractivity contribution in [1.29, 1.82) is 0 Å². The number of nitrogen functional groups attached to an aromatic ring is 1. The first-order chi connectivity index (χ1) is 13.8. The molecule has 4 rings (SSSR count). The Bertz CT molecular complexity index is 1040. The molecule has 0 fully saturated rings. The first-order valence-electron chi connectivity index (χ1n) is 9.48. The Morgan fingerprint density at radius 1 is 0.714 bits per heavy atom. The van der Waals surface area contributed by atoms with E-state index >= 15 is 0 Å². The lowest BCUT2D eigenvalue weighted by molar-refractivity contribution is 0.693. The van der Waals surface area contributed by atoms with Crippen molar-refractivity contribution >= 4 is 22.3 Å². The van der Waals surface area contributed by atoms with Gasteiger partial charge in [0.1, 0.15) is 0 Å². The lowest BCUT2D eigenvalue weighted by atomic mass is 10.1. The van der Waals surface area contributed by atoms with Crippen LogP contribution in [0, 0.1) is 0 Å². The lowest BCUT2D eigenvalue weighted by Gasteiger charge is -2.11. The van der Waals surface area contributed by atoms with E-state index < -0.39 is 0 Å². The van der Waals surface area contributed by atoms with Crippen molar-refractivity contribution in [3.05, 3.63) is 102 Å². The van der Waals surface area contributed by atoms with E-state index in [0.717, 1.165) is 41.9 Å². The van der Waals surface area contributed by atoms with E-state index in [-0.39, 0.29) is 0 Å². The highest BCUT2D eigenvalue weighted by Gasteiger charge is 2.03. The molecular weight excluding hydrogens is 344 g/mol. The number of rotatable bonds is 7. The average Bonchev–Trinajstić information content (AvgIpc) is 2.73. The summed E-state index contributed by atoms with van der Waals surface area (Å²) in [7, 11) is 0. The molecule has 0 aliphatic rings. The van der Waals surface area contributed by atoms with Crippen molar-refractivity contribution < 1.29 is 0 Å². The molecule has 4 aromatic rings. The molecular formula is C24H24N4. The van der Waals surface area contributed by atoms with Crippen LogP contribution in [-0.4, -0.2) is 4.98 Å². The van der Waals surface area contributed by atoms with E-state index in [2.05, 4.69) is 64.1 Å². The number of nitrogens with zero attached hydrogens (tertiary/aromatic N) is 1. The van der Waals surface area contributed by atoms with Crippen LogP contribution in [0.5, 0.6) is 0 Å². The summed E-state index contributed by atoms with van der Waals surface area (Å²) >= 11 is 0. The molecule has 28 heavy (non-hydrogen) atoms. The van der Waals surface area contributed by atoms with Crippen LogP contribution in [0.1, 0.15) is 16.7 Å². The van der Waals surface area contributed by atoms with Gasteiger partial charge in [-0.3, -0.25) is 4.98 Å². The van der Waals surface area contributed by atoms with Gasteiger partial charge in [-0.15, -0.1) is 0 Å². The van der Waals surface area contributed by atoms with Crippen LogP contribution < -0.4 is 16.4 Å². The topological polar surface area (TPSA) is 63.0 Å². The van der Waals surface area contributed by atoms with Crippen LogP contribution >= 0.6 is 0 Å². The van der Waals surface area contributed by atoms with Gasteiger partial charge in [0, 0.05) is 42.6 Å². The van der Waals surface area contributed by atoms with Gasteiger partial charge in [-0.1, -0.05) is 54.6 Å². The van der Waals surface area contributed by atoms with Crippen LogP contribution in [0.15, 0.2) is 85.1 Å². The molecule has 1 heterocycles. The van der Waals surface area contributed by atoms with Crippen molar-refractivity contribution in [2.24, 2.45) is 0 Å². The summed E-state index contributed by atoms with van der Waals surface area (Å²) in [5, 5.41) is 8.08. The third kappa shape index (κ3) is 4.48. The normalized spacial score (nSPS) is 10.9. The minimum Gasteiger partial charge on any atom is -0.399 e. The fraction of sp³-hybridized carbons (Fsp3) is 0.125. The quantitative estimate of drug-likeness (QED) is 0.413. The fourth-order valence-corrected chi connectivity index (χ4v) is 3.24. The van der Waals surface area contributed by atoms with E-state index in [1.807, 2.05) is 36.5 Å². The van der Waals surface area contributed by atoms with Crippen molar-refractivity contribution in [3.63, 3.8) is 0 Å². The van der Waals surface area contributed by atoms with Crippen molar-refractivity contribution in [1.82, 2.24) is 10.3 Å². The van der Waals surface area contributed by atoms with Crippen LogP contribution in [0.2, 0.25) is 0 Å². The van der Waals surface area contributed by atoms with Crippen molar-refractivity contribution in [2.75, 3.05) is 11.1 Å². The molecule has 4 nitrogen and oxygen atoms in total. The van der Waals surface area contributed by atoms with Crippen molar-refractivity contribution in [3.8, 4) is 0 Å². The number of hydrogen-bond donors (Lipinski definition) is 3. The summed E-state index contributed by atoms with van der Waals surface area (Å²) in [6.07, 6.45) is 1.81. The van der Waals surface area contributed by atoms with Gasteiger partial charge in [-0.05, 0) is 41.0 Å². The van der Waals surface area contributed by atoms with Gasteiger partial charge in [0.2, 0.25) is 0 Å². The predicted octanol–water partition coefficient (Wildman–Crippen LogP) is 4.72. The predicted molar refractivity (Wildman–Crippen MR) is 117 cm³/mol. The molecule has 0 atom stereocenters. The summed E-state index contributed by atoms with van der Waals surface area (Å²) in [4.78, 5) is 4.39. The minimum absolute atomic E-state index is 0.730. The van der Waals surface area contributed by atoms with Crippen molar-refractivity contribution in [2.45, 2.75) is 19.6 Å². The monoisotopic (exact) mass is 368 g/mol. The Kier molecular flexibility index (Phi) is 5.50. The van der Waals surface area contributed by atoms with Gasteiger partial charge in [-0.2, -0.15) is 0 Å². The third-order valence-electron chi connectivity index (χ3n) is 4.77. The summed E-state index contributed by atoms with van der Waals surface area (Å²) in [6, 6.07) is 27.0. The number of nitrogens with two attached hydrogens (primary N) is 1. The maximum atomic E-state index is 5.86. The van der Waals surface area contributed by atoms with Gasteiger partial charge in [0.15, 0.2) is 0 Å². The first-order valence-corrected chi connectivity index (χ1v) is 9.48. The molecule has 4 N–H and O–H groups in total. The van der Waals surface area contributed by atoms with E-state index in [4.69, 9.17) is 5.73 Å². The highest BCUT2D eigenvalue weighted by Crippen LogP contribution is 2.23. The molecule has 0 aliphatic carbocycles. The molecule has 0 saturated carbocycles. The molecule has 0 bridgehead atoms. The number of benzene rings is 3. The van der Waals surface area contributed by atoms with Gasteiger partial charge in [-0.25, -0.2) is 0 Å². The first kappa shape index (κ1) is 18.0. The average molecular weight is 368 g/mol. The second-order valence-corrected chi connectivity index (χ2v) is 6.89. The van der Waals surface area contributed by atoms with E-state index in [1.165, 1.54) is 16.7 Å². The van der Waals surface area contributed by atoms with E-state index in [0.29, 0.717) is 0 Å². The maximum Gasteiger partial charge on any atom is 0.0743 e. The summed E-state index contributed by atoms with van der Waals surface area (Å²) in [5.74, 6) is 0. The number of fused-ring (bicyclic) bond motifs is 1. The van der Waals surface area contributed by atoms with Gasteiger partial charge < -0.3 is 16.4 Å². The number of nitrogens with one attached hydrogen (secondary N) is 2. The Morgan fingerprint density at radius 3 is 2.14 bits per heavy atom. The largest absolute Gasteiger partial charge is 0.399 e. The van der Waals surface area contributed by atoms with E-state index in [9.17, 15) is 0 Å². The number of hydrogen-bond acceptors (Lipinski definition) is 4. The van der Waals surface area contributed by atoms with Gasteiger partial charge >= 0.3 is 0 Å². The summed E-state index contributed by atoms with van der Waals surface area (Å²) in [5.41, 5.74) is 12.4. The number of pyridine rings is 1. The zero-order valence-electron chi connectivity index (χ0n) is 15.7. The Labute approximate surface area is 165 Å². The molecule has 1 aromatic heterocycles. The summed E-state index contributed by atoms with van der Waals surface area (Å²) < 4.78 is 0. The molecule has 0 unspecified atom stereocenters. The third-order valence-corrected chi connectivity index (χ3v) is 4.77. The smallest absolute Gasteiger partial charge is 0.0743 e. The van der Waals surface area contributed by atoms with Gasteiger partial charge in [0.05, 0.1) is 5.52 Å². The zero-order chi connectivity index (χ0) is 19.2. The van der Waals surface area contributed by atoms with E-state index in [1.54, 1.807) is 0 Å². The number of aromatic nitrogens is 1. The second kappa shape index (κ2) is 8.55. The van der Waals surface area contributed by atoms with Gasteiger partial charge in [0.25, 0.3) is 0 Å². The molecule has 0 spiro atoms. The standard InChI is InChI=1S/C24H24N4/c25-21-10-11-22-23(12-13-27-24(22)14-21)28-17-20-8-6-19(7-9-20)16-26-15-18-4-2-1-3-5-18/h1-14,26H,15-17,25H2,(H,27,28). The highest BCUT2D eigenvalue weighted by molar-refractivity contribution is 5.92. The number of anilines is 2. The van der Waals surface area contributed by atoms with Crippen LogP contribution in [0.3, 0.4) is 0 Å². The molecule has 4 heteroatoms. The lowest BCUT2D eigenvalue weighted by Crippen LogP contribution is -2.12. The fourth-order valence-electron chi connectivity index (χ4n) is 3.24. The van der Waals surface area contributed by atoms with Crippen LogP contribution in [-0.2, 0) is 19.6 Å². The SMILES string of the molecule is Nc1ccc2c(NCc3ccc(CNCc4ccccc4)cc3)ccnc2c1. The maximum absolute atomic E-state index is 5.86. The molecule has 0 aliphatic heterocycles. The molecule has 0 amide bonds. The zero-order valence-corrected chi connectivity index (χ0v) is 15.7. The molecule has 140 valence electrons. The highest BCUT2D eigenvalue weighted by atomic mass is 14.9. The summed E-state index contributed by atoms with van der Waals surface area (Å²) in [6.45, 7) is 2.50. The van der Waals surface area contributed by atoms with Crippen LogP contribution in [0.25, 0.3) is 10.9 Å². The Balaban J connectivity index is 1.33. The molecule has 0 radical (unpaired) electrons. The Morgan fingerprint density at radius 2 is 1.39 bits per heavy atom. The molecule has 3 aromatic carbocycles. The minimum atomic E-state index is 0.730. The Hall–Kier alpha value is -3.37.